The van der Waals surface area contributed by atoms with Gasteiger partial charge in [-0.2, -0.15) is 0 Å². The molecule has 1 saturated heterocycles. The topological polar surface area (TPSA) is 102 Å². The number of hydrogen-bond acceptors (Lipinski definition) is 6. The molecule has 3 heterocycles. The van der Waals surface area contributed by atoms with E-state index < -0.39 is 23.7 Å². The van der Waals surface area contributed by atoms with Gasteiger partial charge < -0.3 is 19.0 Å². The summed E-state index contributed by atoms with van der Waals surface area (Å²) in [5.74, 6) is -0.535. The first-order valence-corrected chi connectivity index (χ1v) is 9.07. The molecular formula is C20H24N2O6. The molecule has 1 aliphatic heterocycles. The molecule has 0 saturated carbocycles. The van der Waals surface area contributed by atoms with E-state index in [9.17, 15) is 14.7 Å². The number of nitrogens with zero attached hydrogens (tertiary/aromatic N) is 2. The van der Waals surface area contributed by atoms with E-state index in [2.05, 4.69) is 4.98 Å². The van der Waals surface area contributed by atoms with Crippen molar-refractivity contribution in [1.29, 1.82) is 0 Å². The third-order valence-corrected chi connectivity index (χ3v) is 4.33. The van der Waals surface area contributed by atoms with Gasteiger partial charge in [-0.25, -0.2) is 9.59 Å². The highest BCUT2D eigenvalue weighted by atomic mass is 16.6. The van der Waals surface area contributed by atoms with Crippen molar-refractivity contribution >= 4 is 12.1 Å². The SMILES string of the molecule is CC(C)(C)OC(=O)N1C[C@H](COc2ccnc(-c3ccoc3)c2)C[C@H]1C(=O)O. The van der Waals surface area contributed by atoms with Crippen LogP contribution in [0.5, 0.6) is 5.75 Å². The normalized spacial score (nSPS) is 19.5. The van der Waals surface area contributed by atoms with Crippen molar-refractivity contribution in [2.24, 2.45) is 5.92 Å². The zero-order valence-corrected chi connectivity index (χ0v) is 16.1. The maximum absolute atomic E-state index is 12.4. The molecule has 1 aliphatic rings. The molecule has 8 heteroatoms. The standard InChI is InChI=1S/C20H24N2O6/c1-20(2,3)28-19(25)22-10-13(8-17(22)18(23)24)11-27-15-4-6-21-16(9-15)14-5-7-26-12-14/h4-7,9,12-13,17H,8,10-11H2,1-3H3,(H,23,24)/t13-,17+/m1/s1. The van der Waals surface area contributed by atoms with Crippen molar-refractivity contribution in [2.45, 2.75) is 38.8 Å². The summed E-state index contributed by atoms with van der Waals surface area (Å²) in [6.45, 7) is 5.80. The zero-order chi connectivity index (χ0) is 20.3. The lowest BCUT2D eigenvalue weighted by Crippen LogP contribution is -2.43. The Kier molecular flexibility index (Phi) is 5.58. The van der Waals surface area contributed by atoms with Crippen LogP contribution in [-0.2, 0) is 9.53 Å². The molecule has 150 valence electrons. The van der Waals surface area contributed by atoms with Crippen LogP contribution in [-0.4, -0.2) is 51.8 Å². The smallest absolute Gasteiger partial charge is 0.411 e. The Bertz CT molecular complexity index is 827. The Morgan fingerprint density at radius 2 is 2.14 bits per heavy atom. The van der Waals surface area contributed by atoms with Crippen molar-refractivity contribution < 1.29 is 28.6 Å². The number of hydrogen-bond donors (Lipinski definition) is 1. The molecule has 0 aromatic carbocycles. The van der Waals surface area contributed by atoms with Crippen LogP contribution >= 0.6 is 0 Å². The van der Waals surface area contributed by atoms with E-state index in [-0.39, 0.29) is 19.1 Å². The van der Waals surface area contributed by atoms with Crippen LogP contribution in [0.1, 0.15) is 27.2 Å². The van der Waals surface area contributed by atoms with E-state index in [1.54, 1.807) is 57.7 Å². The number of likely N-dealkylation sites (tertiary alicyclic amines) is 1. The van der Waals surface area contributed by atoms with Crippen molar-refractivity contribution in [2.75, 3.05) is 13.2 Å². The molecule has 1 fully saturated rings. The van der Waals surface area contributed by atoms with Crippen LogP contribution < -0.4 is 4.74 Å². The lowest BCUT2D eigenvalue weighted by Gasteiger charge is -2.26. The monoisotopic (exact) mass is 388 g/mol. The molecule has 1 amide bonds. The van der Waals surface area contributed by atoms with Gasteiger partial charge in [0.1, 0.15) is 17.4 Å². The summed E-state index contributed by atoms with van der Waals surface area (Å²) in [7, 11) is 0. The molecule has 28 heavy (non-hydrogen) atoms. The van der Waals surface area contributed by atoms with Gasteiger partial charge in [0.2, 0.25) is 0 Å². The molecule has 0 bridgehead atoms. The molecule has 2 atom stereocenters. The van der Waals surface area contributed by atoms with Crippen LogP contribution in [0.25, 0.3) is 11.3 Å². The van der Waals surface area contributed by atoms with E-state index >= 15 is 0 Å². The maximum atomic E-state index is 12.4. The van der Waals surface area contributed by atoms with Gasteiger partial charge >= 0.3 is 12.1 Å². The van der Waals surface area contributed by atoms with Gasteiger partial charge in [-0.15, -0.1) is 0 Å². The number of carbonyl (C=O) groups excluding carboxylic acids is 1. The minimum Gasteiger partial charge on any atom is -0.493 e. The van der Waals surface area contributed by atoms with Crippen molar-refractivity contribution in [1.82, 2.24) is 9.88 Å². The van der Waals surface area contributed by atoms with Gasteiger partial charge in [-0.05, 0) is 39.3 Å². The molecule has 1 N–H and O–H groups in total. The average Bonchev–Trinajstić information content (AvgIpc) is 3.29. The number of pyridine rings is 1. The van der Waals surface area contributed by atoms with Crippen molar-refractivity contribution in [3.63, 3.8) is 0 Å². The van der Waals surface area contributed by atoms with E-state index in [0.717, 1.165) is 11.3 Å². The van der Waals surface area contributed by atoms with Crippen LogP contribution in [0.2, 0.25) is 0 Å². The van der Waals surface area contributed by atoms with Gasteiger partial charge in [0.05, 0.1) is 24.8 Å². The predicted octanol–water partition coefficient (Wildman–Crippen LogP) is 3.43. The molecule has 0 unspecified atom stereocenters. The Morgan fingerprint density at radius 3 is 2.79 bits per heavy atom. The molecule has 2 aromatic heterocycles. The fraction of sp³-hybridized carbons (Fsp3) is 0.450. The van der Waals surface area contributed by atoms with E-state index in [4.69, 9.17) is 13.9 Å². The highest BCUT2D eigenvalue weighted by Crippen LogP contribution is 2.27. The number of rotatable bonds is 5. The number of aliphatic carboxylic acids is 1. The van der Waals surface area contributed by atoms with Gasteiger partial charge in [0.25, 0.3) is 0 Å². The van der Waals surface area contributed by atoms with Crippen LogP contribution in [0, 0.1) is 5.92 Å². The Hall–Kier alpha value is -3.03. The summed E-state index contributed by atoms with van der Waals surface area (Å²) < 4.78 is 16.2. The Morgan fingerprint density at radius 1 is 1.36 bits per heavy atom. The summed E-state index contributed by atoms with van der Waals surface area (Å²) in [5.41, 5.74) is 0.875. The zero-order valence-electron chi connectivity index (χ0n) is 16.1. The Labute approximate surface area is 163 Å². The second-order valence-electron chi connectivity index (χ2n) is 7.79. The van der Waals surface area contributed by atoms with Crippen LogP contribution in [0.15, 0.2) is 41.3 Å². The fourth-order valence-electron chi connectivity index (χ4n) is 3.08. The first-order chi connectivity index (χ1) is 13.2. The molecule has 8 nitrogen and oxygen atoms in total. The first kappa shape index (κ1) is 19.7. The van der Waals surface area contributed by atoms with Gasteiger partial charge in [0.15, 0.2) is 0 Å². The summed E-state index contributed by atoms with van der Waals surface area (Å²) in [5, 5.41) is 9.47. The minimum absolute atomic E-state index is 0.112. The van der Waals surface area contributed by atoms with Gasteiger partial charge in [0, 0.05) is 30.3 Å². The third-order valence-electron chi connectivity index (χ3n) is 4.33. The summed E-state index contributed by atoms with van der Waals surface area (Å²) in [6.07, 6.45) is 4.50. The fourth-order valence-corrected chi connectivity index (χ4v) is 3.08. The number of carbonyl (C=O) groups is 2. The lowest BCUT2D eigenvalue weighted by molar-refractivity contribution is -0.142. The molecule has 3 rings (SSSR count). The van der Waals surface area contributed by atoms with Crippen molar-refractivity contribution in [3.8, 4) is 17.0 Å². The largest absolute Gasteiger partial charge is 0.493 e. The predicted molar refractivity (Wildman–Crippen MR) is 99.9 cm³/mol. The number of ether oxygens (including phenoxy) is 2. The summed E-state index contributed by atoms with van der Waals surface area (Å²) in [4.78, 5) is 29.5. The minimum atomic E-state index is -1.04. The second-order valence-corrected chi connectivity index (χ2v) is 7.79. The van der Waals surface area contributed by atoms with E-state index in [1.807, 2.05) is 0 Å². The highest BCUT2D eigenvalue weighted by molar-refractivity contribution is 5.81. The Balaban J connectivity index is 1.63. The quantitative estimate of drug-likeness (QED) is 0.837. The molecule has 0 spiro atoms. The lowest BCUT2D eigenvalue weighted by atomic mass is 10.1. The van der Waals surface area contributed by atoms with Crippen molar-refractivity contribution in [3.05, 3.63) is 36.9 Å². The molecule has 2 aromatic rings. The summed E-state index contributed by atoms with van der Waals surface area (Å²) >= 11 is 0. The highest BCUT2D eigenvalue weighted by Gasteiger charge is 2.41. The second kappa shape index (κ2) is 7.92. The number of carboxylic acid groups (broad SMARTS) is 1. The van der Waals surface area contributed by atoms with Crippen LogP contribution in [0.3, 0.4) is 0 Å². The number of aromatic nitrogens is 1. The molecule has 0 aliphatic carbocycles. The van der Waals surface area contributed by atoms with E-state index in [1.165, 1.54) is 4.90 Å². The number of furan rings is 1. The van der Waals surface area contributed by atoms with E-state index in [0.29, 0.717) is 12.2 Å². The maximum Gasteiger partial charge on any atom is 0.411 e. The summed E-state index contributed by atoms with van der Waals surface area (Å²) in [6, 6.07) is 4.42. The van der Waals surface area contributed by atoms with Gasteiger partial charge in [-0.1, -0.05) is 0 Å². The third kappa shape index (κ3) is 4.82. The first-order valence-electron chi connectivity index (χ1n) is 9.07. The number of amides is 1. The number of carboxylic acids is 1. The van der Waals surface area contributed by atoms with Crippen LogP contribution in [0.4, 0.5) is 4.79 Å². The molecule has 0 radical (unpaired) electrons. The molecular weight excluding hydrogens is 364 g/mol. The average molecular weight is 388 g/mol. The van der Waals surface area contributed by atoms with Gasteiger partial charge in [-0.3, -0.25) is 9.88 Å².